The molecule has 0 atom stereocenters. The van der Waals surface area contributed by atoms with Crippen LogP contribution >= 0.6 is 0 Å². The van der Waals surface area contributed by atoms with Gasteiger partial charge in [0.25, 0.3) is 5.91 Å². The van der Waals surface area contributed by atoms with E-state index in [-0.39, 0.29) is 11.9 Å². The Morgan fingerprint density at radius 1 is 0.906 bits per heavy atom. The van der Waals surface area contributed by atoms with E-state index in [9.17, 15) is 9.59 Å². The number of benzene rings is 3. The molecule has 164 valence electrons. The second kappa shape index (κ2) is 9.43. The summed E-state index contributed by atoms with van der Waals surface area (Å²) < 4.78 is 10.3. The number of carbonyl (C=O) groups excluding carboxylic acids is 2. The molecule has 0 unspecified atom stereocenters. The standard InChI is InChI=1S/C25H25N3O4/c1-31-21-9-5-19(6-10-21)24(29)28-14-13-18-4-3-17(15-23(18)28)16-26-25(30)27-20-7-11-22(32-2)12-8-20/h3-12,15H,13-14,16H2,1-2H3,(H2,26,27,30). The van der Waals surface area contributed by atoms with Gasteiger partial charge in [-0.15, -0.1) is 0 Å². The van der Waals surface area contributed by atoms with Crippen LogP contribution in [-0.2, 0) is 13.0 Å². The van der Waals surface area contributed by atoms with Crippen LogP contribution in [0.25, 0.3) is 0 Å². The van der Waals surface area contributed by atoms with Crippen LogP contribution in [0.1, 0.15) is 21.5 Å². The monoisotopic (exact) mass is 431 g/mol. The van der Waals surface area contributed by atoms with E-state index in [2.05, 4.69) is 10.6 Å². The summed E-state index contributed by atoms with van der Waals surface area (Å²) in [6.07, 6.45) is 0.808. The summed E-state index contributed by atoms with van der Waals surface area (Å²) in [6, 6.07) is 19.9. The summed E-state index contributed by atoms with van der Waals surface area (Å²) in [4.78, 5) is 27.1. The summed E-state index contributed by atoms with van der Waals surface area (Å²) in [5.74, 6) is 1.39. The Hall–Kier alpha value is -4.00. The molecule has 4 rings (SSSR count). The molecular formula is C25H25N3O4. The molecule has 0 aromatic heterocycles. The Morgan fingerprint density at radius 2 is 1.56 bits per heavy atom. The SMILES string of the molecule is COc1ccc(NC(=O)NCc2ccc3c(c2)N(C(=O)c2ccc(OC)cc2)CC3)cc1. The number of nitrogens with one attached hydrogen (secondary N) is 2. The summed E-state index contributed by atoms with van der Waals surface area (Å²) in [7, 11) is 3.19. The molecule has 0 saturated heterocycles. The third-order valence-corrected chi connectivity index (χ3v) is 5.43. The highest BCUT2D eigenvalue weighted by molar-refractivity contribution is 6.07. The molecule has 3 aromatic rings. The summed E-state index contributed by atoms with van der Waals surface area (Å²) >= 11 is 0. The van der Waals surface area contributed by atoms with Gasteiger partial charge in [0, 0.05) is 30.0 Å². The van der Waals surface area contributed by atoms with Crippen molar-refractivity contribution in [1.82, 2.24) is 5.32 Å². The number of anilines is 2. The first-order valence-corrected chi connectivity index (χ1v) is 10.3. The fourth-order valence-electron chi connectivity index (χ4n) is 3.67. The second-order valence-corrected chi connectivity index (χ2v) is 7.43. The molecule has 2 N–H and O–H groups in total. The van der Waals surface area contributed by atoms with Gasteiger partial charge in [-0.25, -0.2) is 4.79 Å². The molecule has 1 aliphatic heterocycles. The van der Waals surface area contributed by atoms with Gasteiger partial charge in [-0.05, 0) is 72.1 Å². The third kappa shape index (κ3) is 4.67. The van der Waals surface area contributed by atoms with Crippen LogP contribution in [-0.4, -0.2) is 32.7 Å². The van der Waals surface area contributed by atoms with Crippen molar-refractivity contribution in [3.63, 3.8) is 0 Å². The topological polar surface area (TPSA) is 79.9 Å². The van der Waals surface area contributed by atoms with Crippen LogP contribution in [0.2, 0.25) is 0 Å². The molecule has 32 heavy (non-hydrogen) atoms. The van der Waals surface area contributed by atoms with E-state index in [1.807, 2.05) is 18.2 Å². The predicted molar refractivity (Wildman–Crippen MR) is 124 cm³/mol. The molecular weight excluding hydrogens is 406 g/mol. The Kier molecular flexibility index (Phi) is 6.26. The maximum atomic E-state index is 13.0. The Balaban J connectivity index is 1.40. The van der Waals surface area contributed by atoms with Crippen molar-refractivity contribution < 1.29 is 19.1 Å². The summed E-state index contributed by atoms with van der Waals surface area (Å²) in [6.45, 7) is 0.981. The quantitative estimate of drug-likeness (QED) is 0.612. The minimum Gasteiger partial charge on any atom is -0.497 e. The van der Waals surface area contributed by atoms with Crippen molar-refractivity contribution >= 4 is 23.3 Å². The van der Waals surface area contributed by atoms with E-state index in [0.29, 0.717) is 30.1 Å². The largest absolute Gasteiger partial charge is 0.497 e. The number of methoxy groups -OCH3 is 2. The molecule has 0 saturated carbocycles. The van der Waals surface area contributed by atoms with Crippen molar-refractivity contribution in [2.24, 2.45) is 0 Å². The highest BCUT2D eigenvalue weighted by atomic mass is 16.5. The summed E-state index contributed by atoms with van der Waals surface area (Å²) in [5.41, 5.74) is 4.22. The van der Waals surface area contributed by atoms with Gasteiger partial charge in [0.05, 0.1) is 14.2 Å². The maximum absolute atomic E-state index is 13.0. The molecule has 0 aliphatic carbocycles. The molecule has 0 radical (unpaired) electrons. The number of urea groups is 1. The average molecular weight is 431 g/mol. The summed E-state index contributed by atoms with van der Waals surface area (Å²) in [5, 5.41) is 5.65. The van der Waals surface area contributed by atoms with Crippen LogP contribution in [0.5, 0.6) is 11.5 Å². The first-order valence-electron chi connectivity index (χ1n) is 10.3. The van der Waals surface area contributed by atoms with Crippen LogP contribution in [0.4, 0.5) is 16.2 Å². The molecule has 0 bridgehead atoms. The van der Waals surface area contributed by atoms with Crippen molar-refractivity contribution in [2.75, 3.05) is 31.0 Å². The predicted octanol–water partition coefficient (Wildman–Crippen LogP) is 4.23. The highest BCUT2D eigenvalue weighted by Gasteiger charge is 2.25. The number of ether oxygens (including phenoxy) is 2. The lowest BCUT2D eigenvalue weighted by Crippen LogP contribution is -2.29. The number of fused-ring (bicyclic) bond motifs is 1. The third-order valence-electron chi connectivity index (χ3n) is 5.43. The minimum atomic E-state index is -0.304. The van der Waals surface area contributed by atoms with Crippen molar-refractivity contribution in [3.05, 3.63) is 83.4 Å². The number of nitrogens with zero attached hydrogens (tertiary/aromatic N) is 1. The first kappa shape index (κ1) is 21.2. The van der Waals surface area contributed by atoms with Gasteiger partial charge in [0.2, 0.25) is 0 Å². The van der Waals surface area contributed by atoms with Gasteiger partial charge in [0.15, 0.2) is 0 Å². The zero-order chi connectivity index (χ0) is 22.5. The Morgan fingerprint density at radius 3 is 2.22 bits per heavy atom. The Labute approximate surface area is 187 Å². The van der Waals surface area contributed by atoms with E-state index < -0.39 is 0 Å². The van der Waals surface area contributed by atoms with Crippen molar-refractivity contribution in [2.45, 2.75) is 13.0 Å². The molecule has 1 aliphatic rings. The van der Waals surface area contributed by atoms with Gasteiger partial charge in [0.1, 0.15) is 11.5 Å². The average Bonchev–Trinajstić information content (AvgIpc) is 3.26. The lowest BCUT2D eigenvalue weighted by Gasteiger charge is -2.18. The van der Waals surface area contributed by atoms with E-state index in [1.165, 1.54) is 0 Å². The Bertz CT molecular complexity index is 1110. The van der Waals surface area contributed by atoms with Gasteiger partial charge in [-0.2, -0.15) is 0 Å². The van der Waals surface area contributed by atoms with Crippen LogP contribution < -0.4 is 25.0 Å². The van der Waals surface area contributed by atoms with Gasteiger partial charge in [-0.1, -0.05) is 12.1 Å². The van der Waals surface area contributed by atoms with E-state index >= 15 is 0 Å². The zero-order valence-electron chi connectivity index (χ0n) is 18.1. The number of hydrogen-bond donors (Lipinski definition) is 2. The van der Waals surface area contributed by atoms with Crippen LogP contribution in [0.15, 0.2) is 66.7 Å². The molecule has 3 amide bonds. The fraction of sp³-hybridized carbons (Fsp3) is 0.200. The van der Waals surface area contributed by atoms with Gasteiger partial charge < -0.3 is 25.0 Å². The van der Waals surface area contributed by atoms with E-state index in [0.717, 1.165) is 29.0 Å². The lowest BCUT2D eigenvalue weighted by molar-refractivity contribution is 0.0989. The van der Waals surface area contributed by atoms with E-state index in [1.54, 1.807) is 67.7 Å². The molecule has 7 heteroatoms. The molecule has 3 aromatic carbocycles. The van der Waals surface area contributed by atoms with Crippen molar-refractivity contribution in [3.8, 4) is 11.5 Å². The fourth-order valence-corrected chi connectivity index (χ4v) is 3.67. The molecule has 0 spiro atoms. The minimum absolute atomic E-state index is 0.0474. The molecule has 7 nitrogen and oxygen atoms in total. The number of amides is 3. The number of rotatable bonds is 6. The van der Waals surface area contributed by atoms with E-state index in [4.69, 9.17) is 9.47 Å². The van der Waals surface area contributed by atoms with Gasteiger partial charge >= 0.3 is 6.03 Å². The van der Waals surface area contributed by atoms with Crippen LogP contribution in [0.3, 0.4) is 0 Å². The smallest absolute Gasteiger partial charge is 0.319 e. The lowest BCUT2D eigenvalue weighted by atomic mass is 10.1. The normalized spacial score (nSPS) is 12.1. The van der Waals surface area contributed by atoms with Gasteiger partial charge in [-0.3, -0.25) is 4.79 Å². The maximum Gasteiger partial charge on any atom is 0.319 e. The highest BCUT2D eigenvalue weighted by Crippen LogP contribution is 2.30. The number of carbonyl (C=O) groups is 2. The van der Waals surface area contributed by atoms with Crippen LogP contribution in [0, 0.1) is 0 Å². The zero-order valence-corrected chi connectivity index (χ0v) is 18.1. The first-order chi connectivity index (χ1) is 15.6. The second-order valence-electron chi connectivity index (χ2n) is 7.43. The van der Waals surface area contributed by atoms with Crippen molar-refractivity contribution in [1.29, 1.82) is 0 Å². The number of hydrogen-bond acceptors (Lipinski definition) is 4. The molecule has 1 heterocycles. The molecule has 0 fully saturated rings.